The van der Waals surface area contributed by atoms with E-state index in [4.69, 9.17) is 14.7 Å². The van der Waals surface area contributed by atoms with E-state index in [0.717, 1.165) is 55.2 Å². The lowest BCUT2D eigenvalue weighted by atomic mass is 9.99. The SMILES string of the molecule is Cc1cccc2[nH]c(CCn3cnc(-c4ccccc4)c3[C@@H]3CCOC3)nc12. The van der Waals surface area contributed by atoms with Crippen LogP contribution in [0.1, 0.15) is 29.4 Å². The van der Waals surface area contributed by atoms with Crippen molar-refractivity contribution in [2.24, 2.45) is 0 Å². The molecule has 1 N–H and O–H groups in total. The summed E-state index contributed by atoms with van der Waals surface area (Å²) < 4.78 is 7.98. The van der Waals surface area contributed by atoms with Crippen molar-refractivity contribution in [1.82, 2.24) is 19.5 Å². The van der Waals surface area contributed by atoms with E-state index in [1.54, 1.807) is 0 Å². The fraction of sp³-hybridized carbons (Fsp3) is 0.304. The van der Waals surface area contributed by atoms with Crippen LogP contribution in [0.2, 0.25) is 0 Å². The van der Waals surface area contributed by atoms with E-state index in [0.29, 0.717) is 5.92 Å². The number of para-hydroxylation sites is 1. The maximum Gasteiger partial charge on any atom is 0.109 e. The maximum absolute atomic E-state index is 5.68. The molecule has 2 aromatic carbocycles. The second kappa shape index (κ2) is 7.24. The number of fused-ring (bicyclic) bond motifs is 1. The van der Waals surface area contributed by atoms with Crippen LogP contribution in [0.3, 0.4) is 0 Å². The Bertz CT molecular complexity index is 1090. The van der Waals surface area contributed by atoms with Crippen molar-refractivity contribution in [3.63, 3.8) is 0 Å². The number of ether oxygens (including phenoxy) is 1. The molecule has 1 aliphatic rings. The Kier molecular flexibility index (Phi) is 4.45. The van der Waals surface area contributed by atoms with E-state index in [1.165, 1.54) is 16.8 Å². The number of imidazole rings is 2. The maximum atomic E-state index is 5.68. The van der Waals surface area contributed by atoms with Gasteiger partial charge in [0.05, 0.1) is 35.4 Å². The lowest BCUT2D eigenvalue weighted by Gasteiger charge is -2.14. The topological polar surface area (TPSA) is 55.7 Å². The Morgan fingerprint density at radius 2 is 2.04 bits per heavy atom. The molecule has 4 aromatic rings. The molecule has 5 nitrogen and oxygen atoms in total. The molecule has 5 heteroatoms. The van der Waals surface area contributed by atoms with Gasteiger partial charge in [0.25, 0.3) is 0 Å². The van der Waals surface area contributed by atoms with Crippen LogP contribution in [0.5, 0.6) is 0 Å². The lowest BCUT2D eigenvalue weighted by Crippen LogP contribution is -2.11. The molecule has 142 valence electrons. The van der Waals surface area contributed by atoms with Gasteiger partial charge in [-0.1, -0.05) is 42.5 Å². The van der Waals surface area contributed by atoms with Gasteiger partial charge in [0.1, 0.15) is 5.82 Å². The third-order valence-corrected chi connectivity index (χ3v) is 5.59. The predicted octanol–water partition coefficient (Wildman–Crippen LogP) is 4.48. The van der Waals surface area contributed by atoms with Gasteiger partial charge in [-0.25, -0.2) is 9.97 Å². The number of hydrogen-bond acceptors (Lipinski definition) is 3. The summed E-state index contributed by atoms with van der Waals surface area (Å²) in [5, 5.41) is 0. The summed E-state index contributed by atoms with van der Waals surface area (Å²) in [6, 6.07) is 16.7. The van der Waals surface area contributed by atoms with Crippen molar-refractivity contribution in [2.45, 2.75) is 32.2 Å². The molecule has 1 fully saturated rings. The largest absolute Gasteiger partial charge is 0.381 e. The number of aromatic nitrogens is 4. The van der Waals surface area contributed by atoms with E-state index in [9.17, 15) is 0 Å². The summed E-state index contributed by atoms with van der Waals surface area (Å²) in [6.07, 6.45) is 3.87. The number of aryl methyl sites for hydroxylation is 3. The molecule has 0 amide bonds. The molecule has 1 aliphatic heterocycles. The number of benzene rings is 2. The number of nitrogens with zero attached hydrogens (tertiary/aromatic N) is 3. The smallest absolute Gasteiger partial charge is 0.109 e. The van der Waals surface area contributed by atoms with Gasteiger partial charge >= 0.3 is 0 Å². The molecule has 0 bridgehead atoms. The highest BCUT2D eigenvalue weighted by molar-refractivity contribution is 5.78. The molecule has 2 aromatic heterocycles. The summed E-state index contributed by atoms with van der Waals surface area (Å²) in [7, 11) is 0. The van der Waals surface area contributed by atoms with Gasteiger partial charge in [0.15, 0.2) is 0 Å². The van der Waals surface area contributed by atoms with Gasteiger partial charge in [-0.3, -0.25) is 0 Å². The summed E-state index contributed by atoms with van der Waals surface area (Å²) in [5.41, 5.74) is 6.92. The van der Waals surface area contributed by atoms with E-state index in [1.807, 2.05) is 12.4 Å². The first kappa shape index (κ1) is 17.2. The minimum Gasteiger partial charge on any atom is -0.381 e. The Morgan fingerprint density at radius 3 is 2.82 bits per heavy atom. The van der Waals surface area contributed by atoms with Crippen LogP contribution in [0.15, 0.2) is 54.9 Å². The van der Waals surface area contributed by atoms with Crippen molar-refractivity contribution in [1.29, 1.82) is 0 Å². The number of nitrogens with one attached hydrogen (secondary N) is 1. The molecule has 5 rings (SSSR count). The van der Waals surface area contributed by atoms with E-state index in [2.05, 4.69) is 58.9 Å². The molecule has 3 heterocycles. The van der Waals surface area contributed by atoms with Crippen LogP contribution in [0.4, 0.5) is 0 Å². The summed E-state index contributed by atoms with van der Waals surface area (Å²) in [6.45, 7) is 4.56. The van der Waals surface area contributed by atoms with E-state index in [-0.39, 0.29) is 0 Å². The number of aromatic amines is 1. The molecule has 0 unspecified atom stereocenters. The van der Waals surface area contributed by atoms with Crippen LogP contribution < -0.4 is 0 Å². The summed E-state index contributed by atoms with van der Waals surface area (Å²) >= 11 is 0. The molecule has 0 aliphatic carbocycles. The van der Waals surface area contributed by atoms with Crippen LogP contribution in [-0.2, 0) is 17.7 Å². The molecule has 0 spiro atoms. The number of hydrogen-bond donors (Lipinski definition) is 1. The first-order valence-corrected chi connectivity index (χ1v) is 9.92. The first-order valence-electron chi connectivity index (χ1n) is 9.92. The van der Waals surface area contributed by atoms with Crippen molar-refractivity contribution >= 4 is 11.0 Å². The zero-order valence-electron chi connectivity index (χ0n) is 16.1. The fourth-order valence-corrected chi connectivity index (χ4v) is 4.14. The first-order chi connectivity index (χ1) is 13.8. The third-order valence-electron chi connectivity index (χ3n) is 5.59. The Labute approximate surface area is 164 Å². The van der Waals surface area contributed by atoms with Crippen molar-refractivity contribution in [3.8, 4) is 11.3 Å². The quantitative estimate of drug-likeness (QED) is 0.562. The fourth-order valence-electron chi connectivity index (χ4n) is 4.14. The minimum atomic E-state index is 0.399. The number of rotatable bonds is 5. The normalized spacial score (nSPS) is 16.8. The average Bonchev–Trinajstić information content (AvgIpc) is 3.46. The van der Waals surface area contributed by atoms with Gasteiger partial charge in [-0.15, -0.1) is 0 Å². The second-order valence-electron chi connectivity index (χ2n) is 7.50. The van der Waals surface area contributed by atoms with E-state index >= 15 is 0 Å². The molecule has 0 radical (unpaired) electrons. The van der Waals surface area contributed by atoms with Crippen molar-refractivity contribution < 1.29 is 4.74 Å². The zero-order chi connectivity index (χ0) is 18.9. The van der Waals surface area contributed by atoms with Gasteiger partial charge in [-0.05, 0) is 25.0 Å². The Balaban J connectivity index is 1.45. The molecule has 1 atom stereocenters. The highest BCUT2D eigenvalue weighted by Gasteiger charge is 2.26. The number of H-pyrrole nitrogens is 1. The summed E-state index contributed by atoms with van der Waals surface area (Å²) in [5.74, 6) is 1.42. The van der Waals surface area contributed by atoms with Crippen LogP contribution in [-0.4, -0.2) is 32.7 Å². The highest BCUT2D eigenvalue weighted by atomic mass is 16.5. The lowest BCUT2D eigenvalue weighted by molar-refractivity contribution is 0.193. The monoisotopic (exact) mass is 372 g/mol. The van der Waals surface area contributed by atoms with Crippen LogP contribution in [0.25, 0.3) is 22.3 Å². The Hall–Kier alpha value is -2.92. The van der Waals surface area contributed by atoms with Gasteiger partial charge < -0.3 is 14.3 Å². The molecule has 1 saturated heterocycles. The van der Waals surface area contributed by atoms with Gasteiger partial charge in [0, 0.05) is 31.1 Å². The Morgan fingerprint density at radius 1 is 1.14 bits per heavy atom. The third kappa shape index (κ3) is 3.12. The molecular weight excluding hydrogens is 348 g/mol. The predicted molar refractivity (Wildman–Crippen MR) is 110 cm³/mol. The van der Waals surface area contributed by atoms with Crippen LogP contribution >= 0.6 is 0 Å². The molecular formula is C23H24N4O. The van der Waals surface area contributed by atoms with E-state index < -0.39 is 0 Å². The minimum absolute atomic E-state index is 0.399. The standard InChI is InChI=1S/C23H24N4O/c1-16-6-5-9-19-21(16)26-20(25-19)10-12-27-15-24-22(17-7-3-2-4-8-17)23(27)18-11-13-28-14-18/h2-9,15,18H,10-14H2,1H3,(H,25,26)/t18-/m1/s1. The molecule has 28 heavy (non-hydrogen) atoms. The summed E-state index contributed by atoms with van der Waals surface area (Å²) in [4.78, 5) is 13.0. The second-order valence-corrected chi connectivity index (χ2v) is 7.50. The highest BCUT2D eigenvalue weighted by Crippen LogP contribution is 2.33. The average molecular weight is 372 g/mol. The van der Waals surface area contributed by atoms with Gasteiger partial charge in [0.2, 0.25) is 0 Å². The van der Waals surface area contributed by atoms with Crippen LogP contribution in [0, 0.1) is 6.92 Å². The van der Waals surface area contributed by atoms with Crippen molar-refractivity contribution in [3.05, 3.63) is 71.9 Å². The molecule has 0 saturated carbocycles. The zero-order valence-corrected chi connectivity index (χ0v) is 16.1. The van der Waals surface area contributed by atoms with Crippen molar-refractivity contribution in [2.75, 3.05) is 13.2 Å². The van der Waals surface area contributed by atoms with Gasteiger partial charge in [-0.2, -0.15) is 0 Å².